The molecule has 0 saturated carbocycles. The normalized spacial score (nSPS) is 12.8. The molecule has 0 spiro atoms. The summed E-state index contributed by atoms with van der Waals surface area (Å²) in [5.74, 6) is 1.93. The van der Waals surface area contributed by atoms with Crippen molar-refractivity contribution in [2.75, 3.05) is 13.7 Å². The molecule has 0 unspecified atom stereocenters. The second kappa shape index (κ2) is 12.8. The van der Waals surface area contributed by atoms with Gasteiger partial charge in [0.2, 0.25) is 0 Å². The molecule has 0 aliphatic heterocycles. The monoisotopic (exact) mass is 622 g/mol. The van der Waals surface area contributed by atoms with Gasteiger partial charge in [-0.15, -0.1) is 0 Å². The first-order valence-corrected chi connectivity index (χ1v) is 19.1. The van der Waals surface area contributed by atoms with Crippen molar-refractivity contribution < 1.29 is 9.47 Å². The van der Waals surface area contributed by atoms with Gasteiger partial charge in [-0.1, -0.05) is 156 Å². The SMILES string of the molecule is C=CCOc1c(C(C)(C)C)cc(OC)cc1[Si](CC)(CC)C1c2cc(-c3ccccc3)ccc2-c2ccc(-c3ccccc3)cc21. The summed E-state index contributed by atoms with van der Waals surface area (Å²) >= 11 is 0. The molecule has 5 aromatic carbocycles. The van der Waals surface area contributed by atoms with Gasteiger partial charge in [-0.2, -0.15) is 0 Å². The summed E-state index contributed by atoms with van der Waals surface area (Å²) in [6.07, 6.45) is 1.86. The second-order valence-corrected chi connectivity index (χ2v) is 18.4. The van der Waals surface area contributed by atoms with E-state index in [1.165, 1.54) is 55.3 Å². The molecule has 0 aromatic heterocycles. The summed E-state index contributed by atoms with van der Waals surface area (Å²) in [6.45, 7) is 16.1. The van der Waals surface area contributed by atoms with E-state index in [4.69, 9.17) is 9.47 Å². The van der Waals surface area contributed by atoms with Crippen LogP contribution in [0.5, 0.6) is 11.5 Å². The van der Waals surface area contributed by atoms with Crippen LogP contribution in [-0.4, -0.2) is 21.8 Å². The van der Waals surface area contributed by atoms with E-state index in [2.05, 4.69) is 150 Å². The maximum atomic E-state index is 6.74. The predicted molar refractivity (Wildman–Crippen MR) is 198 cm³/mol. The molecule has 234 valence electrons. The Hall–Kier alpha value is -4.34. The van der Waals surface area contributed by atoms with Crippen molar-refractivity contribution in [3.05, 3.63) is 139 Å². The van der Waals surface area contributed by atoms with Gasteiger partial charge in [0.25, 0.3) is 0 Å². The molecule has 5 aromatic rings. The highest BCUT2D eigenvalue weighted by molar-refractivity contribution is 6.94. The largest absolute Gasteiger partial charge is 0.497 e. The minimum Gasteiger partial charge on any atom is -0.497 e. The second-order valence-electron chi connectivity index (χ2n) is 13.5. The van der Waals surface area contributed by atoms with Crippen LogP contribution in [0.2, 0.25) is 12.1 Å². The number of hydrogen-bond donors (Lipinski definition) is 0. The highest BCUT2D eigenvalue weighted by Crippen LogP contribution is 2.53. The van der Waals surface area contributed by atoms with Gasteiger partial charge < -0.3 is 9.47 Å². The maximum absolute atomic E-state index is 6.74. The predicted octanol–water partition coefficient (Wildman–Crippen LogP) is 10.9. The molecule has 0 N–H and O–H groups in total. The van der Waals surface area contributed by atoms with Crippen LogP contribution < -0.4 is 14.7 Å². The third kappa shape index (κ3) is 5.52. The summed E-state index contributed by atoms with van der Waals surface area (Å²) in [5.41, 5.74) is 11.9. The molecule has 0 saturated heterocycles. The van der Waals surface area contributed by atoms with Gasteiger partial charge in [0.05, 0.1) is 7.11 Å². The van der Waals surface area contributed by atoms with E-state index >= 15 is 0 Å². The highest BCUT2D eigenvalue weighted by Gasteiger charge is 2.49. The van der Waals surface area contributed by atoms with E-state index in [0.29, 0.717) is 6.61 Å². The average Bonchev–Trinajstić information content (AvgIpc) is 3.42. The first-order chi connectivity index (χ1) is 22.3. The van der Waals surface area contributed by atoms with Crippen molar-refractivity contribution in [1.82, 2.24) is 0 Å². The fourth-order valence-corrected chi connectivity index (χ4v) is 12.8. The van der Waals surface area contributed by atoms with Crippen molar-refractivity contribution >= 4 is 13.3 Å². The molecule has 0 amide bonds. The van der Waals surface area contributed by atoms with Gasteiger partial charge in [0.15, 0.2) is 0 Å². The van der Waals surface area contributed by atoms with E-state index in [1.807, 2.05) is 6.08 Å². The fraction of sp³-hybridized carbons (Fsp3) is 0.256. The van der Waals surface area contributed by atoms with Crippen LogP contribution >= 0.6 is 0 Å². The van der Waals surface area contributed by atoms with E-state index < -0.39 is 8.07 Å². The van der Waals surface area contributed by atoms with E-state index in [-0.39, 0.29) is 11.0 Å². The van der Waals surface area contributed by atoms with Crippen LogP contribution in [0.15, 0.2) is 122 Å². The molecule has 6 rings (SSSR count). The molecular weight excluding hydrogens is 577 g/mol. The molecule has 0 heterocycles. The lowest BCUT2D eigenvalue weighted by Crippen LogP contribution is -2.53. The number of methoxy groups -OCH3 is 1. The Kier molecular flexibility index (Phi) is 8.81. The molecule has 0 atom stereocenters. The average molecular weight is 623 g/mol. The summed E-state index contributed by atoms with van der Waals surface area (Å²) < 4.78 is 12.8. The smallest absolute Gasteiger partial charge is 0.123 e. The van der Waals surface area contributed by atoms with Crippen molar-refractivity contribution in [3.8, 4) is 44.9 Å². The minimum absolute atomic E-state index is 0.131. The Bertz CT molecular complexity index is 1760. The van der Waals surface area contributed by atoms with Gasteiger partial charge in [-0.3, -0.25) is 0 Å². The van der Waals surface area contributed by atoms with Crippen LogP contribution in [-0.2, 0) is 5.41 Å². The quantitative estimate of drug-likeness (QED) is 0.114. The molecular formula is C43H46O2Si. The molecule has 1 aliphatic rings. The zero-order valence-electron chi connectivity index (χ0n) is 28.2. The first kappa shape index (κ1) is 31.6. The van der Waals surface area contributed by atoms with Crippen molar-refractivity contribution in [1.29, 1.82) is 0 Å². The molecule has 0 radical (unpaired) electrons. The summed E-state index contributed by atoms with van der Waals surface area (Å²) in [7, 11) is -0.641. The molecule has 46 heavy (non-hydrogen) atoms. The Balaban J connectivity index is 1.68. The van der Waals surface area contributed by atoms with E-state index in [9.17, 15) is 0 Å². The number of hydrogen-bond acceptors (Lipinski definition) is 2. The molecule has 2 nitrogen and oxygen atoms in total. The van der Waals surface area contributed by atoms with E-state index in [0.717, 1.165) is 23.6 Å². The lowest BCUT2D eigenvalue weighted by molar-refractivity contribution is 0.351. The van der Waals surface area contributed by atoms with Crippen molar-refractivity contribution in [2.24, 2.45) is 0 Å². The van der Waals surface area contributed by atoms with Gasteiger partial charge in [-0.25, -0.2) is 0 Å². The third-order valence-electron chi connectivity index (χ3n) is 10.0. The lowest BCUT2D eigenvalue weighted by atomic mass is 9.86. The number of fused-ring (bicyclic) bond motifs is 3. The molecule has 0 fully saturated rings. The lowest BCUT2D eigenvalue weighted by Gasteiger charge is -2.40. The Labute approximate surface area is 276 Å². The van der Waals surface area contributed by atoms with E-state index in [1.54, 1.807) is 7.11 Å². The molecule has 1 aliphatic carbocycles. The van der Waals surface area contributed by atoms with Crippen LogP contribution in [0.4, 0.5) is 0 Å². The Morgan fingerprint density at radius 1 is 0.696 bits per heavy atom. The minimum atomic E-state index is -2.43. The first-order valence-electron chi connectivity index (χ1n) is 16.6. The summed E-state index contributed by atoms with van der Waals surface area (Å²) in [5, 5.41) is 1.35. The van der Waals surface area contributed by atoms with Crippen LogP contribution in [0.3, 0.4) is 0 Å². The number of benzene rings is 5. The van der Waals surface area contributed by atoms with Gasteiger partial charge >= 0.3 is 0 Å². The topological polar surface area (TPSA) is 18.5 Å². The third-order valence-corrected chi connectivity index (χ3v) is 15.7. The van der Waals surface area contributed by atoms with Crippen molar-refractivity contribution in [3.63, 3.8) is 0 Å². The van der Waals surface area contributed by atoms with Gasteiger partial charge in [-0.05, 0) is 67.2 Å². The van der Waals surface area contributed by atoms with Crippen LogP contribution in [0.25, 0.3) is 33.4 Å². The standard InChI is InChI=1S/C43H46O2Si/c1-8-25-45-41-39(43(4,5)6)28-34(44-7)29-40(41)46(9-2,10-3)42-37-26-32(30-17-13-11-14-18-30)21-23-35(37)36-24-22-33(27-38(36)42)31-19-15-12-16-20-31/h8,11-24,26-29,42H,1,9-10,25H2,2-7H3. The summed E-state index contributed by atoms with van der Waals surface area (Å²) in [6, 6.07) is 42.5. The fourth-order valence-electron chi connectivity index (χ4n) is 7.62. The van der Waals surface area contributed by atoms with Gasteiger partial charge in [0.1, 0.15) is 26.2 Å². The highest BCUT2D eigenvalue weighted by atomic mass is 28.3. The van der Waals surface area contributed by atoms with Crippen molar-refractivity contribution in [2.45, 2.75) is 57.7 Å². The Morgan fingerprint density at radius 3 is 1.65 bits per heavy atom. The maximum Gasteiger partial charge on any atom is 0.123 e. The zero-order valence-corrected chi connectivity index (χ0v) is 29.2. The molecule has 3 heteroatoms. The zero-order chi connectivity index (χ0) is 32.5. The van der Waals surface area contributed by atoms with Gasteiger partial charge in [0, 0.05) is 11.1 Å². The number of rotatable bonds is 10. The van der Waals surface area contributed by atoms with Crippen LogP contribution in [0, 0.1) is 0 Å². The van der Waals surface area contributed by atoms with Crippen LogP contribution in [0.1, 0.15) is 56.9 Å². The number of ether oxygens (including phenoxy) is 2. The summed E-state index contributed by atoms with van der Waals surface area (Å²) in [4.78, 5) is 0. The molecule has 0 bridgehead atoms. The Morgan fingerprint density at radius 2 is 1.22 bits per heavy atom.